The molecule has 3 rings (SSSR count). The second-order valence-electron chi connectivity index (χ2n) is 7.82. The van der Waals surface area contributed by atoms with Crippen LogP contribution in [0.2, 0.25) is 0 Å². The van der Waals surface area contributed by atoms with E-state index in [2.05, 4.69) is 10.4 Å². The van der Waals surface area contributed by atoms with Gasteiger partial charge >= 0.3 is 6.18 Å². The number of benzene rings is 1. The molecule has 3 N–H and O–H groups in total. The van der Waals surface area contributed by atoms with E-state index in [0.29, 0.717) is 25.9 Å². The number of carbonyl (C=O) groups is 2. The fourth-order valence-electron chi connectivity index (χ4n) is 3.68. The van der Waals surface area contributed by atoms with Gasteiger partial charge in [0.05, 0.1) is 17.6 Å². The van der Waals surface area contributed by atoms with Crippen LogP contribution in [-0.2, 0) is 11.0 Å². The monoisotopic (exact) mass is 451 g/mol. The quantitative estimate of drug-likeness (QED) is 0.694. The highest BCUT2D eigenvalue weighted by atomic mass is 19.4. The standard InChI is InChI=1S/C21H24F3N5O3/c1-12(14-9-15(21(22,23)24)11-16(25)10-14)26-20(32)18-3-4-19(31)29(27-18)17-5-7-28(8-6-17)13(2)30/h3-4,9-12,17H,5-8,25H2,1-2H3,(H,26,32)/t12-/m1/s1. The van der Waals surface area contributed by atoms with Crippen molar-refractivity contribution < 1.29 is 22.8 Å². The summed E-state index contributed by atoms with van der Waals surface area (Å²) in [5, 5.41) is 6.77. The Labute approximate surface area is 182 Å². The summed E-state index contributed by atoms with van der Waals surface area (Å²) in [7, 11) is 0. The molecule has 1 aliphatic rings. The Balaban J connectivity index is 1.76. The zero-order valence-electron chi connectivity index (χ0n) is 17.6. The van der Waals surface area contributed by atoms with Gasteiger partial charge in [0.25, 0.3) is 11.5 Å². The van der Waals surface area contributed by atoms with Gasteiger partial charge in [-0.2, -0.15) is 18.3 Å². The Morgan fingerprint density at radius 1 is 1.19 bits per heavy atom. The van der Waals surface area contributed by atoms with Crippen molar-refractivity contribution in [2.75, 3.05) is 18.8 Å². The third kappa shape index (κ3) is 5.27. The minimum atomic E-state index is -4.57. The van der Waals surface area contributed by atoms with E-state index in [1.54, 1.807) is 4.90 Å². The lowest BCUT2D eigenvalue weighted by Gasteiger charge is -2.31. The summed E-state index contributed by atoms with van der Waals surface area (Å²) in [6.45, 7) is 3.98. The number of hydrogen-bond donors (Lipinski definition) is 2. The smallest absolute Gasteiger partial charge is 0.399 e. The fourth-order valence-corrected chi connectivity index (χ4v) is 3.68. The first-order valence-corrected chi connectivity index (χ1v) is 10.1. The van der Waals surface area contributed by atoms with Crippen LogP contribution in [0.4, 0.5) is 18.9 Å². The molecule has 1 aromatic heterocycles. The molecule has 0 unspecified atom stereocenters. The molecule has 172 valence electrons. The van der Waals surface area contributed by atoms with Crippen LogP contribution < -0.4 is 16.6 Å². The van der Waals surface area contributed by atoms with Crippen LogP contribution in [-0.4, -0.2) is 39.6 Å². The van der Waals surface area contributed by atoms with E-state index >= 15 is 0 Å². The van der Waals surface area contributed by atoms with Crippen LogP contribution >= 0.6 is 0 Å². The highest BCUT2D eigenvalue weighted by molar-refractivity contribution is 5.92. The number of piperidine rings is 1. The summed E-state index contributed by atoms with van der Waals surface area (Å²) in [6.07, 6.45) is -3.52. The SMILES string of the molecule is CC(=O)N1CCC(n2nc(C(=O)N[C@H](C)c3cc(N)cc(C(F)(F)F)c3)ccc2=O)CC1. The summed E-state index contributed by atoms with van der Waals surface area (Å²) in [6, 6.07) is 4.57. The summed E-state index contributed by atoms with van der Waals surface area (Å²) < 4.78 is 40.4. The summed E-state index contributed by atoms with van der Waals surface area (Å²) in [4.78, 5) is 38.1. The molecule has 1 aliphatic heterocycles. The normalized spacial score (nSPS) is 16.0. The average Bonchev–Trinajstić information content (AvgIpc) is 2.73. The van der Waals surface area contributed by atoms with Crippen molar-refractivity contribution in [3.05, 3.63) is 57.5 Å². The maximum atomic E-state index is 13.1. The van der Waals surface area contributed by atoms with Gasteiger partial charge in [0.15, 0.2) is 0 Å². The van der Waals surface area contributed by atoms with Crippen molar-refractivity contribution in [1.82, 2.24) is 20.0 Å². The van der Waals surface area contributed by atoms with Gasteiger partial charge in [-0.1, -0.05) is 0 Å². The Morgan fingerprint density at radius 2 is 1.84 bits per heavy atom. The molecule has 32 heavy (non-hydrogen) atoms. The minimum Gasteiger partial charge on any atom is -0.399 e. The topological polar surface area (TPSA) is 110 Å². The van der Waals surface area contributed by atoms with Crippen molar-refractivity contribution >= 4 is 17.5 Å². The molecule has 0 saturated carbocycles. The molecule has 2 aromatic rings. The number of likely N-dealkylation sites (tertiary alicyclic amines) is 1. The van der Waals surface area contributed by atoms with Gasteiger partial charge in [0, 0.05) is 31.8 Å². The zero-order valence-corrected chi connectivity index (χ0v) is 17.6. The van der Waals surface area contributed by atoms with E-state index in [4.69, 9.17) is 5.73 Å². The number of anilines is 1. The summed E-state index contributed by atoms with van der Waals surface area (Å²) in [5.74, 6) is -0.676. The molecule has 0 spiro atoms. The molecule has 0 bridgehead atoms. The Bertz CT molecular complexity index is 1080. The van der Waals surface area contributed by atoms with Crippen LogP contribution in [0.5, 0.6) is 0 Å². The molecule has 1 fully saturated rings. The number of nitrogens with zero attached hydrogens (tertiary/aromatic N) is 3. The van der Waals surface area contributed by atoms with E-state index in [1.165, 1.54) is 36.7 Å². The van der Waals surface area contributed by atoms with Crippen LogP contribution in [0.25, 0.3) is 0 Å². The van der Waals surface area contributed by atoms with E-state index in [-0.39, 0.29) is 34.5 Å². The molecule has 8 nitrogen and oxygen atoms in total. The molecule has 0 aliphatic carbocycles. The Kier molecular flexibility index (Phi) is 6.56. The fraction of sp³-hybridized carbons (Fsp3) is 0.429. The number of hydrogen-bond acceptors (Lipinski definition) is 5. The first-order chi connectivity index (χ1) is 15.0. The predicted molar refractivity (Wildman–Crippen MR) is 111 cm³/mol. The van der Waals surface area contributed by atoms with Crippen molar-refractivity contribution in [1.29, 1.82) is 0 Å². The summed E-state index contributed by atoms with van der Waals surface area (Å²) in [5.41, 5.74) is 4.40. The van der Waals surface area contributed by atoms with Gasteiger partial charge < -0.3 is 16.0 Å². The van der Waals surface area contributed by atoms with Crippen LogP contribution in [0.1, 0.15) is 60.4 Å². The van der Waals surface area contributed by atoms with Crippen molar-refractivity contribution in [3.8, 4) is 0 Å². The van der Waals surface area contributed by atoms with Gasteiger partial charge in [-0.05, 0) is 49.6 Å². The Morgan fingerprint density at radius 3 is 2.44 bits per heavy atom. The maximum absolute atomic E-state index is 13.1. The molecule has 1 saturated heterocycles. The predicted octanol–water partition coefficient (Wildman–Crippen LogP) is 2.52. The highest BCUT2D eigenvalue weighted by Crippen LogP contribution is 2.32. The van der Waals surface area contributed by atoms with E-state index in [9.17, 15) is 27.6 Å². The number of alkyl halides is 3. The molecule has 2 heterocycles. The lowest BCUT2D eigenvalue weighted by molar-refractivity contribution is -0.137. The number of nitrogen functional groups attached to an aromatic ring is 1. The van der Waals surface area contributed by atoms with Gasteiger partial charge in [0.2, 0.25) is 5.91 Å². The van der Waals surface area contributed by atoms with Crippen LogP contribution in [0, 0.1) is 0 Å². The Hall–Kier alpha value is -3.37. The lowest BCUT2D eigenvalue weighted by atomic mass is 10.0. The highest BCUT2D eigenvalue weighted by Gasteiger charge is 2.31. The van der Waals surface area contributed by atoms with Crippen LogP contribution in [0.3, 0.4) is 0 Å². The second-order valence-corrected chi connectivity index (χ2v) is 7.82. The molecule has 11 heteroatoms. The van der Waals surface area contributed by atoms with Crippen molar-refractivity contribution in [2.45, 2.75) is 44.9 Å². The minimum absolute atomic E-state index is 0.0367. The third-order valence-electron chi connectivity index (χ3n) is 5.47. The number of nitrogens with two attached hydrogens (primary N) is 1. The number of halogens is 3. The number of aromatic nitrogens is 2. The number of rotatable bonds is 4. The van der Waals surface area contributed by atoms with Gasteiger partial charge in [-0.15, -0.1) is 0 Å². The zero-order chi connectivity index (χ0) is 23.6. The van der Waals surface area contributed by atoms with E-state index < -0.39 is 23.7 Å². The molecule has 0 radical (unpaired) electrons. The maximum Gasteiger partial charge on any atom is 0.416 e. The lowest BCUT2D eigenvalue weighted by Crippen LogP contribution is -2.41. The molecular formula is C21H24F3N5O3. The number of nitrogens with one attached hydrogen (secondary N) is 1. The van der Waals surface area contributed by atoms with Crippen molar-refractivity contribution in [2.24, 2.45) is 0 Å². The average molecular weight is 451 g/mol. The van der Waals surface area contributed by atoms with Crippen LogP contribution in [0.15, 0.2) is 35.1 Å². The molecule has 1 aromatic carbocycles. The molecule has 1 atom stereocenters. The van der Waals surface area contributed by atoms with Crippen molar-refractivity contribution in [3.63, 3.8) is 0 Å². The summed E-state index contributed by atoms with van der Waals surface area (Å²) >= 11 is 0. The van der Waals surface area contributed by atoms with Gasteiger partial charge in [0.1, 0.15) is 5.69 Å². The first kappa shape index (κ1) is 23.3. The third-order valence-corrected chi connectivity index (χ3v) is 5.47. The number of carbonyl (C=O) groups excluding carboxylic acids is 2. The first-order valence-electron chi connectivity index (χ1n) is 10.1. The number of amides is 2. The molecular weight excluding hydrogens is 427 g/mol. The van der Waals surface area contributed by atoms with Gasteiger partial charge in [-0.25, -0.2) is 4.68 Å². The molecule has 2 amide bonds. The van der Waals surface area contributed by atoms with E-state index in [0.717, 1.165) is 12.1 Å². The van der Waals surface area contributed by atoms with E-state index in [1.807, 2.05) is 0 Å². The second kappa shape index (κ2) is 9.01. The largest absolute Gasteiger partial charge is 0.416 e. The van der Waals surface area contributed by atoms with Gasteiger partial charge in [-0.3, -0.25) is 14.4 Å².